The summed E-state index contributed by atoms with van der Waals surface area (Å²) in [5.41, 5.74) is 5.60. The van der Waals surface area contributed by atoms with Gasteiger partial charge in [-0.25, -0.2) is 9.59 Å². The summed E-state index contributed by atoms with van der Waals surface area (Å²) in [6, 6.07) is 15.1. The molecule has 0 aromatic heterocycles. The second-order valence-corrected chi connectivity index (χ2v) is 7.79. The minimum atomic E-state index is -1.08. The normalized spacial score (nSPS) is 13.2. The summed E-state index contributed by atoms with van der Waals surface area (Å²) in [6.07, 6.45) is -0.716. The number of fused-ring (bicyclic) bond motifs is 3. The van der Waals surface area contributed by atoms with Crippen molar-refractivity contribution in [2.45, 2.75) is 25.8 Å². The zero-order chi connectivity index (χ0) is 20.1. The number of ether oxygens (including phenoxy) is 1. The summed E-state index contributed by atoms with van der Waals surface area (Å²) in [5, 5.41) is 13.6. The molecule has 6 heteroatoms. The Labute approximate surface area is 168 Å². The molecule has 0 saturated heterocycles. The lowest BCUT2D eigenvalue weighted by Gasteiger charge is -2.17. The van der Waals surface area contributed by atoms with Gasteiger partial charge in [0.15, 0.2) is 0 Å². The molecule has 146 valence electrons. The first-order chi connectivity index (χ1) is 13.5. The van der Waals surface area contributed by atoms with Crippen molar-refractivity contribution < 1.29 is 19.4 Å². The molecule has 0 fully saturated rings. The van der Waals surface area contributed by atoms with Gasteiger partial charge in [-0.15, -0.1) is 11.8 Å². The smallest absolute Gasteiger partial charge is 0.407 e. The van der Waals surface area contributed by atoms with Gasteiger partial charge in [0.2, 0.25) is 0 Å². The Bertz CT molecular complexity index is 859. The molecule has 0 aliphatic heterocycles. The van der Waals surface area contributed by atoms with Crippen LogP contribution in [0.5, 0.6) is 0 Å². The highest BCUT2D eigenvalue weighted by molar-refractivity contribution is 8.02. The maximum atomic E-state index is 12.2. The number of allylic oxidation sites excluding steroid dienone is 1. The van der Waals surface area contributed by atoms with Crippen molar-refractivity contribution in [1.29, 1.82) is 0 Å². The third-order valence-electron chi connectivity index (χ3n) is 4.52. The lowest BCUT2D eigenvalue weighted by molar-refractivity contribution is -0.138. The van der Waals surface area contributed by atoms with Crippen LogP contribution < -0.4 is 5.32 Å². The minimum absolute atomic E-state index is 0.0542. The number of benzene rings is 2. The van der Waals surface area contributed by atoms with Crippen LogP contribution >= 0.6 is 11.8 Å². The van der Waals surface area contributed by atoms with Crippen molar-refractivity contribution in [2.75, 3.05) is 12.4 Å². The van der Waals surface area contributed by atoms with Crippen LogP contribution in [0.2, 0.25) is 0 Å². The molecule has 28 heavy (non-hydrogen) atoms. The Kier molecular flexibility index (Phi) is 6.41. The highest BCUT2D eigenvalue weighted by atomic mass is 32.2. The lowest BCUT2D eigenvalue weighted by Crippen LogP contribution is -2.43. The largest absolute Gasteiger partial charge is 0.480 e. The van der Waals surface area contributed by atoms with E-state index in [1.165, 1.54) is 11.8 Å². The van der Waals surface area contributed by atoms with Gasteiger partial charge in [0.25, 0.3) is 0 Å². The fourth-order valence-electron chi connectivity index (χ4n) is 3.27. The van der Waals surface area contributed by atoms with Gasteiger partial charge in [0, 0.05) is 11.7 Å². The molecule has 0 heterocycles. The van der Waals surface area contributed by atoms with Gasteiger partial charge in [0.1, 0.15) is 12.6 Å². The highest BCUT2D eigenvalue weighted by Crippen LogP contribution is 2.44. The van der Waals surface area contributed by atoms with Gasteiger partial charge in [-0.2, -0.15) is 0 Å². The molecule has 1 amide bonds. The molecule has 5 nitrogen and oxygen atoms in total. The summed E-state index contributed by atoms with van der Waals surface area (Å²) in [7, 11) is 0. The van der Waals surface area contributed by atoms with E-state index in [4.69, 9.17) is 4.74 Å². The quantitative estimate of drug-likeness (QED) is 0.712. The molecule has 0 saturated carbocycles. The maximum Gasteiger partial charge on any atom is 0.407 e. The first-order valence-corrected chi connectivity index (χ1v) is 10.1. The Morgan fingerprint density at radius 2 is 1.68 bits per heavy atom. The van der Waals surface area contributed by atoms with Gasteiger partial charge < -0.3 is 15.2 Å². The van der Waals surface area contributed by atoms with Crippen LogP contribution in [0, 0.1) is 0 Å². The lowest BCUT2D eigenvalue weighted by atomic mass is 9.98. The van der Waals surface area contributed by atoms with Crippen molar-refractivity contribution in [2.24, 2.45) is 0 Å². The van der Waals surface area contributed by atoms with E-state index >= 15 is 0 Å². The molecule has 2 N–H and O–H groups in total. The predicted octanol–water partition coefficient (Wildman–Crippen LogP) is 4.64. The van der Waals surface area contributed by atoms with E-state index in [0.29, 0.717) is 0 Å². The number of rotatable bonds is 7. The van der Waals surface area contributed by atoms with Crippen molar-refractivity contribution in [3.8, 4) is 11.1 Å². The standard InChI is InChI=1S/C22H23NO4S/c1-14(2)12-28-13-20(21(24)25)23-22(26)27-11-19-17-9-5-3-7-15(17)16-8-4-6-10-18(16)19/h3-10,12,19-20H,11,13H2,1-2H3,(H,23,26)(H,24,25). The van der Waals surface area contributed by atoms with Gasteiger partial charge in [-0.3, -0.25) is 0 Å². The second kappa shape index (κ2) is 8.97. The van der Waals surface area contributed by atoms with Crippen molar-refractivity contribution in [3.63, 3.8) is 0 Å². The van der Waals surface area contributed by atoms with Gasteiger partial charge >= 0.3 is 12.1 Å². The molecule has 3 rings (SSSR count). The monoisotopic (exact) mass is 397 g/mol. The summed E-state index contributed by atoms with van der Waals surface area (Å²) in [4.78, 5) is 23.6. The molecule has 1 aliphatic rings. The van der Waals surface area contributed by atoms with Gasteiger partial charge in [-0.1, -0.05) is 54.1 Å². The van der Waals surface area contributed by atoms with E-state index in [1.807, 2.05) is 55.7 Å². The van der Waals surface area contributed by atoms with Crippen LogP contribution in [0.4, 0.5) is 4.79 Å². The molecule has 1 unspecified atom stereocenters. The van der Waals surface area contributed by atoms with E-state index in [2.05, 4.69) is 17.4 Å². The second-order valence-electron chi connectivity index (χ2n) is 6.89. The van der Waals surface area contributed by atoms with Gasteiger partial charge in [-0.05, 0) is 41.5 Å². The molecule has 2 aromatic rings. The van der Waals surface area contributed by atoms with Crippen LogP contribution in [0.25, 0.3) is 11.1 Å². The molecule has 0 bridgehead atoms. The van der Waals surface area contributed by atoms with Crippen LogP contribution in [-0.4, -0.2) is 35.6 Å². The van der Waals surface area contributed by atoms with E-state index in [9.17, 15) is 14.7 Å². The van der Waals surface area contributed by atoms with Crippen molar-refractivity contribution in [1.82, 2.24) is 5.32 Å². The Morgan fingerprint density at radius 1 is 1.11 bits per heavy atom. The number of nitrogens with one attached hydrogen (secondary N) is 1. The molecule has 1 aliphatic carbocycles. The Morgan fingerprint density at radius 3 is 2.21 bits per heavy atom. The average molecular weight is 397 g/mol. The number of carboxylic acids is 1. The number of aliphatic carboxylic acids is 1. The van der Waals surface area contributed by atoms with Crippen molar-refractivity contribution >= 4 is 23.8 Å². The Hall–Kier alpha value is -2.73. The van der Waals surface area contributed by atoms with Gasteiger partial charge in [0.05, 0.1) is 0 Å². The van der Waals surface area contributed by atoms with E-state index < -0.39 is 18.1 Å². The topological polar surface area (TPSA) is 75.6 Å². The number of carbonyl (C=O) groups excluding carboxylic acids is 1. The number of alkyl carbamates (subject to hydrolysis) is 1. The van der Waals surface area contributed by atoms with E-state index in [1.54, 1.807) is 0 Å². The molecule has 0 radical (unpaired) electrons. The maximum absolute atomic E-state index is 12.2. The summed E-state index contributed by atoms with van der Waals surface area (Å²) < 4.78 is 5.41. The fourth-order valence-corrected chi connectivity index (χ4v) is 4.12. The van der Waals surface area contributed by atoms with E-state index in [-0.39, 0.29) is 18.3 Å². The molecule has 2 aromatic carbocycles. The summed E-state index contributed by atoms with van der Waals surface area (Å²) in [6.45, 7) is 4.02. The third-order valence-corrected chi connectivity index (χ3v) is 5.68. The number of thioether (sulfide) groups is 1. The van der Waals surface area contributed by atoms with E-state index in [0.717, 1.165) is 27.8 Å². The summed E-state index contributed by atoms with van der Waals surface area (Å²) in [5.74, 6) is -0.894. The molecular weight excluding hydrogens is 374 g/mol. The Balaban J connectivity index is 1.64. The average Bonchev–Trinajstić information content (AvgIpc) is 2.99. The number of amides is 1. The zero-order valence-electron chi connectivity index (χ0n) is 15.8. The number of carboxylic acid groups (broad SMARTS) is 1. The zero-order valence-corrected chi connectivity index (χ0v) is 16.7. The fraction of sp³-hybridized carbons (Fsp3) is 0.273. The first-order valence-electron chi connectivity index (χ1n) is 9.06. The highest BCUT2D eigenvalue weighted by Gasteiger charge is 2.29. The SMILES string of the molecule is CC(C)=CSCC(NC(=O)OCC1c2ccccc2-c2ccccc21)C(=O)O. The van der Waals surface area contributed by atoms with Crippen LogP contribution in [0.1, 0.15) is 30.9 Å². The van der Waals surface area contributed by atoms with Crippen LogP contribution in [0.15, 0.2) is 59.5 Å². The minimum Gasteiger partial charge on any atom is -0.480 e. The molecular formula is C22H23NO4S. The van der Waals surface area contributed by atoms with Crippen molar-refractivity contribution in [3.05, 3.63) is 70.6 Å². The number of hydrogen-bond acceptors (Lipinski definition) is 4. The molecule has 1 atom stereocenters. The van der Waals surface area contributed by atoms with Crippen LogP contribution in [0.3, 0.4) is 0 Å². The summed E-state index contributed by atoms with van der Waals surface area (Å²) >= 11 is 1.35. The third kappa shape index (κ3) is 4.57. The van der Waals surface area contributed by atoms with Crippen LogP contribution in [-0.2, 0) is 9.53 Å². The number of carbonyl (C=O) groups is 2. The first kappa shape index (κ1) is 20.0. The number of hydrogen-bond donors (Lipinski definition) is 2. The molecule has 0 spiro atoms. The predicted molar refractivity (Wildman–Crippen MR) is 112 cm³/mol.